The van der Waals surface area contributed by atoms with Gasteiger partial charge in [0.1, 0.15) is 11.3 Å². The van der Waals surface area contributed by atoms with Crippen molar-refractivity contribution in [3.05, 3.63) is 59.0 Å². The van der Waals surface area contributed by atoms with Gasteiger partial charge in [0.15, 0.2) is 5.69 Å². The van der Waals surface area contributed by atoms with E-state index in [1.54, 1.807) is 30.3 Å². The van der Waals surface area contributed by atoms with Crippen LogP contribution in [0.2, 0.25) is 0 Å². The standard InChI is InChI=1S/C17H11NO4/c1-21-13-8-4-2-6-11(13)15-12-7-3-5-9-14(12)22-17(20)16(15)18-10-19/h2-9H,1H3. The molecule has 5 nitrogen and oxygen atoms in total. The fraction of sp³-hybridized carbons (Fsp3) is 0.0588. The SMILES string of the molecule is COc1ccccc1-c1c(N=C=O)c(=O)oc2ccccc12. The first-order chi connectivity index (χ1) is 10.8. The van der Waals surface area contributed by atoms with Crippen LogP contribution in [0.5, 0.6) is 5.75 Å². The lowest BCUT2D eigenvalue weighted by molar-refractivity contribution is 0.416. The maximum atomic E-state index is 12.1. The summed E-state index contributed by atoms with van der Waals surface area (Å²) in [6.07, 6.45) is 1.41. The third-order valence-corrected chi connectivity index (χ3v) is 3.32. The van der Waals surface area contributed by atoms with Gasteiger partial charge in [-0.25, -0.2) is 9.59 Å². The molecule has 0 N–H and O–H groups in total. The molecule has 2 aromatic carbocycles. The number of ether oxygens (including phenoxy) is 1. The van der Waals surface area contributed by atoms with Crippen LogP contribution in [0.4, 0.5) is 5.69 Å². The molecule has 0 aliphatic carbocycles. The van der Waals surface area contributed by atoms with Gasteiger partial charge in [0.05, 0.1) is 7.11 Å². The Labute approximate surface area is 125 Å². The zero-order valence-electron chi connectivity index (χ0n) is 11.7. The molecule has 0 saturated heterocycles. The summed E-state index contributed by atoms with van der Waals surface area (Å²) >= 11 is 0. The number of para-hydroxylation sites is 2. The number of aliphatic imine (C=N–C) groups is 1. The molecule has 0 fully saturated rings. The molecule has 0 amide bonds. The molecule has 0 spiro atoms. The number of rotatable bonds is 3. The summed E-state index contributed by atoms with van der Waals surface area (Å²) in [5.41, 5.74) is 0.787. The van der Waals surface area contributed by atoms with Crippen LogP contribution in [-0.2, 0) is 4.79 Å². The van der Waals surface area contributed by atoms with Gasteiger partial charge in [-0.05, 0) is 12.1 Å². The molecular formula is C17H11NO4. The number of isocyanates is 1. The minimum absolute atomic E-state index is 0.0850. The zero-order valence-corrected chi connectivity index (χ0v) is 11.7. The van der Waals surface area contributed by atoms with Crippen LogP contribution in [-0.4, -0.2) is 13.2 Å². The Morgan fingerprint density at radius 1 is 1.09 bits per heavy atom. The quantitative estimate of drug-likeness (QED) is 0.421. The predicted molar refractivity (Wildman–Crippen MR) is 82.3 cm³/mol. The summed E-state index contributed by atoms with van der Waals surface area (Å²) in [4.78, 5) is 26.4. The second kappa shape index (κ2) is 5.68. The topological polar surface area (TPSA) is 68.9 Å². The lowest BCUT2D eigenvalue weighted by Crippen LogP contribution is -2.01. The molecular weight excluding hydrogens is 282 g/mol. The molecule has 3 rings (SSSR count). The van der Waals surface area contributed by atoms with Crippen molar-refractivity contribution in [3.63, 3.8) is 0 Å². The molecule has 108 valence electrons. The van der Waals surface area contributed by atoms with Crippen molar-refractivity contribution in [2.75, 3.05) is 7.11 Å². The molecule has 0 bridgehead atoms. The van der Waals surface area contributed by atoms with Gasteiger partial charge < -0.3 is 9.15 Å². The lowest BCUT2D eigenvalue weighted by Gasteiger charge is -2.11. The van der Waals surface area contributed by atoms with E-state index < -0.39 is 5.63 Å². The van der Waals surface area contributed by atoms with Gasteiger partial charge in [-0.2, -0.15) is 4.99 Å². The zero-order chi connectivity index (χ0) is 15.5. The van der Waals surface area contributed by atoms with E-state index in [-0.39, 0.29) is 5.69 Å². The van der Waals surface area contributed by atoms with E-state index in [4.69, 9.17) is 9.15 Å². The van der Waals surface area contributed by atoms with Crippen molar-refractivity contribution in [1.29, 1.82) is 0 Å². The third kappa shape index (κ3) is 2.20. The summed E-state index contributed by atoms with van der Waals surface area (Å²) in [5.74, 6) is 0.570. The largest absolute Gasteiger partial charge is 0.496 e. The Bertz CT molecular complexity index is 952. The van der Waals surface area contributed by atoms with Crippen molar-refractivity contribution in [2.24, 2.45) is 4.99 Å². The molecule has 1 heterocycles. The molecule has 3 aromatic rings. The van der Waals surface area contributed by atoms with Crippen LogP contribution in [0.3, 0.4) is 0 Å². The number of nitrogens with zero attached hydrogens (tertiary/aromatic N) is 1. The first-order valence-electron chi connectivity index (χ1n) is 6.53. The van der Waals surface area contributed by atoms with Crippen LogP contribution in [0.15, 0.2) is 62.7 Å². The maximum Gasteiger partial charge on any atom is 0.363 e. The Hall–Kier alpha value is -3.17. The Morgan fingerprint density at radius 2 is 1.82 bits per heavy atom. The highest BCUT2D eigenvalue weighted by molar-refractivity contribution is 6.00. The number of methoxy groups -OCH3 is 1. The average molecular weight is 293 g/mol. The highest BCUT2D eigenvalue weighted by Gasteiger charge is 2.18. The lowest BCUT2D eigenvalue weighted by atomic mass is 9.99. The number of fused-ring (bicyclic) bond motifs is 1. The molecule has 0 aliphatic rings. The Morgan fingerprint density at radius 3 is 2.59 bits per heavy atom. The molecule has 0 unspecified atom stereocenters. The fourth-order valence-electron chi connectivity index (χ4n) is 2.41. The van der Waals surface area contributed by atoms with E-state index in [0.29, 0.717) is 27.8 Å². The van der Waals surface area contributed by atoms with Crippen LogP contribution in [0.25, 0.3) is 22.1 Å². The van der Waals surface area contributed by atoms with E-state index in [1.807, 2.05) is 18.2 Å². The number of carbonyl (C=O) groups excluding carboxylic acids is 1. The van der Waals surface area contributed by atoms with E-state index >= 15 is 0 Å². The summed E-state index contributed by atoms with van der Waals surface area (Å²) in [7, 11) is 1.54. The molecule has 0 atom stereocenters. The van der Waals surface area contributed by atoms with Gasteiger partial charge >= 0.3 is 5.63 Å². The predicted octanol–water partition coefficient (Wildman–Crippen LogP) is 3.44. The van der Waals surface area contributed by atoms with Crippen LogP contribution < -0.4 is 10.4 Å². The third-order valence-electron chi connectivity index (χ3n) is 3.32. The van der Waals surface area contributed by atoms with Gasteiger partial charge in [-0.1, -0.05) is 36.4 Å². The second-order valence-corrected chi connectivity index (χ2v) is 4.51. The van der Waals surface area contributed by atoms with Gasteiger partial charge in [-0.15, -0.1) is 0 Å². The maximum absolute atomic E-state index is 12.1. The van der Waals surface area contributed by atoms with Crippen molar-refractivity contribution in [1.82, 2.24) is 0 Å². The minimum Gasteiger partial charge on any atom is -0.496 e. The molecule has 5 heteroatoms. The number of benzene rings is 2. The fourth-order valence-corrected chi connectivity index (χ4v) is 2.41. The highest BCUT2D eigenvalue weighted by atomic mass is 16.5. The van der Waals surface area contributed by atoms with E-state index in [9.17, 15) is 9.59 Å². The Balaban J connectivity index is 2.52. The monoisotopic (exact) mass is 293 g/mol. The molecule has 22 heavy (non-hydrogen) atoms. The van der Waals surface area contributed by atoms with E-state index in [2.05, 4.69) is 4.99 Å². The van der Waals surface area contributed by atoms with Crippen LogP contribution in [0, 0.1) is 0 Å². The van der Waals surface area contributed by atoms with E-state index in [0.717, 1.165) is 0 Å². The van der Waals surface area contributed by atoms with Gasteiger partial charge in [0.25, 0.3) is 0 Å². The number of hydrogen-bond donors (Lipinski definition) is 0. The van der Waals surface area contributed by atoms with Crippen molar-refractivity contribution < 1.29 is 13.9 Å². The first kappa shape index (κ1) is 13.8. The summed E-state index contributed by atoms with van der Waals surface area (Å²) in [6, 6.07) is 14.3. The first-order valence-corrected chi connectivity index (χ1v) is 6.53. The summed E-state index contributed by atoms with van der Waals surface area (Å²) in [5, 5.41) is 0.667. The minimum atomic E-state index is -0.692. The van der Waals surface area contributed by atoms with Gasteiger partial charge in [0.2, 0.25) is 6.08 Å². The van der Waals surface area contributed by atoms with Crippen molar-refractivity contribution >= 4 is 22.7 Å². The highest BCUT2D eigenvalue weighted by Crippen LogP contribution is 2.39. The molecule has 0 radical (unpaired) electrons. The number of hydrogen-bond acceptors (Lipinski definition) is 5. The van der Waals surface area contributed by atoms with Crippen LogP contribution >= 0.6 is 0 Å². The second-order valence-electron chi connectivity index (χ2n) is 4.51. The van der Waals surface area contributed by atoms with Gasteiger partial charge in [-0.3, -0.25) is 0 Å². The van der Waals surface area contributed by atoms with Crippen LogP contribution in [0.1, 0.15) is 0 Å². The van der Waals surface area contributed by atoms with Gasteiger partial charge in [0, 0.05) is 16.5 Å². The van der Waals surface area contributed by atoms with E-state index in [1.165, 1.54) is 13.2 Å². The summed E-state index contributed by atoms with van der Waals surface area (Å²) in [6.45, 7) is 0. The molecule has 0 saturated carbocycles. The average Bonchev–Trinajstić information content (AvgIpc) is 2.56. The Kier molecular flexibility index (Phi) is 3.56. The molecule has 1 aromatic heterocycles. The van der Waals surface area contributed by atoms with Crippen molar-refractivity contribution in [3.8, 4) is 16.9 Å². The normalized spacial score (nSPS) is 10.2. The summed E-state index contributed by atoms with van der Waals surface area (Å²) < 4.78 is 10.6. The van der Waals surface area contributed by atoms with Crippen molar-refractivity contribution in [2.45, 2.75) is 0 Å². The molecule has 0 aliphatic heterocycles. The smallest absolute Gasteiger partial charge is 0.363 e.